The summed E-state index contributed by atoms with van der Waals surface area (Å²) in [6.07, 6.45) is 0. The van der Waals surface area contributed by atoms with Crippen LogP contribution in [-0.4, -0.2) is 17.4 Å². The number of hydrogen-bond donors (Lipinski definition) is 2. The number of aromatic nitrogens is 1. The average molecular weight is 285 g/mol. The van der Waals surface area contributed by atoms with Gasteiger partial charge in [0.2, 0.25) is 0 Å². The lowest BCUT2D eigenvalue weighted by molar-refractivity contribution is 0.0950. The normalized spacial score (nSPS) is 9.70. The maximum atomic E-state index is 12.0. The van der Waals surface area contributed by atoms with E-state index in [1.165, 1.54) is 0 Å². The van der Waals surface area contributed by atoms with Gasteiger partial charge in [0.15, 0.2) is 0 Å². The molecular weight excluding hydrogens is 270 g/mol. The molecule has 1 heterocycles. The highest BCUT2D eigenvalue weighted by molar-refractivity contribution is 7.09. The van der Waals surface area contributed by atoms with Crippen LogP contribution >= 0.6 is 11.3 Å². The fourth-order valence-corrected chi connectivity index (χ4v) is 2.23. The smallest absolute Gasteiger partial charge is 0.251 e. The Morgan fingerprint density at radius 3 is 2.75 bits per heavy atom. The van der Waals surface area contributed by atoms with E-state index in [1.807, 2.05) is 24.4 Å². The van der Waals surface area contributed by atoms with Crippen molar-refractivity contribution < 1.29 is 4.79 Å². The third kappa shape index (κ3) is 3.92. The summed E-state index contributed by atoms with van der Waals surface area (Å²) in [6.45, 7) is 2.71. The number of amides is 1. The van der Waals surface area contributed by atoms with Gasteiger partial charge in [-0.1, -0.05) is 11.8 Å². The molecule has 2 aromatic rings. The molecule has 0 saturated heterocycles. The number of nitrogens with one attached hydrogen (secondary N) is 1. The number of rotatable bonds is 3. The van der Waals surface area contributed by atoms with Crippen LogP contribution in [0, 0.1) is 18.8 Å². The minimum atomic E-state index is -0.117. The topological polar surface area (TPSA) is 68.0 Å². The van der Waals surface area contributed by atoms with Crippen molar-refractivity contribution in [2.24, 2.45) is 5.73 Å². The van der Waals surface area contributed by atoms with Gasteiger partial charge < -0.3 is 11.1 Å². The molecular formula is C15H15N3OS. The second-order valence-corrected chi connectivity index (χ2v) is 5.19. The number of aryl methyl sites for hydroxylation is 1. The number of nitrogens with two attached hydrogens (primary N) is 1. The van der Waals surface area contributed by atoms with E-state index in [0.717, 1.165) is 16.3 Å². The monoisotopic (exact) mass is 285 g/mol. The van der Waals surface area contributed by atoms with Gasteiger partial charge in [-0.3, -0.25) is 4.79 Å². The standard InChI is InChI=1S/C15H15N3OS/c1-11-18-14(10-20-11)9-17-15(19)13-6-4-12(5-7-13)3-2-8-16/h4-7,10H,8-9,16H2,1H3,(H,17,19). The Morgan fingerprint density at radius 2 is 2.15 bits per heavy atom. The largest absolute Gasteiger partial charge is 0.346 e. The highest BCUT2D eigenvalue weighted by Crippen LogP contribution is 2.08. The summed E-state index contributed by atoms with van der Waals surface area (Å²) in [5, 5.41) is 5.78. The number of nitrogens with zero attached hydrogens (tertiary/aromatic N) is 1. The first-order valence-corrected chi connectivity index (χ1v) is 7.05. The van der Waals surface area contributed by atoms with Gasteiger partial charge >= 0.3 is 0 Å². The summed E-state index contributed by atoms with van der Waals surface area (Å²) >= 11 is 1.57. The summed E-state index contributed by atoms with van der Waals surface area (Å²) in [5.41, 5.74) is 7.64. The van der Waals surface area contributed by atoms with Crippen LogP contribution in [0.4, 0.5) is 0 Å². The van der Waals surface area contributed by atoms with Crippen molar-refractivity contribution in [1.82, 2.24) is 10.3 Å². The minimum absolute atomic E-state index is 0.117. The molecule has 0 atom stereocenters. The summed E-state index contributed by atoms with van der Waals surface area (Å²) in [5.74, 6) is 5.57. The van der Waals surface area contributed by atoms with E-state index in [4.69, 9.17) is 5.73 Å². The van der Waals surface area contributed by atoms with Crippen molar-refractivity contribution >= 4 is 17.2 Å². The molecule has 5 heteroatoms. The van der Waals surface area contributed by atoms with Gasteiger partial charge in [-0.2, -0.15) is 0 Å². The van der Waals surface area contributed by atoms with Gasteiger partial charge in [0.1, 0.15) is 0 Å². The SMILES string of the molecule is Cc1nc(CNC(=O)c2ccc(C#CCN)cc2)cs1. The predicted octanol–water partition coefficient (Wildman–Crippen LogP) is 1.69. The van der Waals surface area contributed by atoms with Crippen LogP contribution in [0.5, 0.6) is 0 Å². The van der Waals surface area contributed by atoms with Crippen molar-refractivity contribution in [3.8, 4) is 11.8 Å². The summed E-state index contributed by atoms with van der Waals surface area (Å²) in [7, 11) is 0. The van der Waals surface area contributed by atoms with Gasteiger partial charge in [-0.15, -0.1) is 11.3 Å². The zero-order chi connectivity index (χ0) is 14.4. The third-order valence-electron chi connectivity index (χ3n) is 2.58. The molecule has 0 saturated carbocycles. The molecule has 20 heavy (non-hydrogen) atoms. The van der Waals surface area contributed by atoms with Crippen molar-refractivity contribution in [2.75, 3.05) is 6.54 Å². The average Bonchev–Trinajstić information content (AvgIpc) is 2.89. The van der Waals surface area contributed by atoms with E-state index < -0.39 is 0 Å². The molecule has 1 amide bonds. The fourth-order valence-electron chi connectivity index (χ4n) is 1.62. The zero-order valence-corrected chi connectivity index (χ0v) is 12.0. The van der Waals surface area contributed by atoms with Crippen LogP contribution in [0.1, 0.15) is 26.6 Å². The highest BCUT2D eigenvalue weighted by Gasteiger charge is 2.06. The lowest BCUT2D eigenvalue weighted by Crippen LogP contribution is -2.22. The Labute approximate surface area is 122 Å². The predicted molar refractivity (Wildman–Crippen MR) is 80.4 cm³/mol. The van der Waals surface area contributed by atoms with Gasteiger partial charge in [-0.05, 0) is 31.2 Å². The summed E-state index contributed by atoms with van der Waals surface area (Å²) in [6, 6.07) is 7.12. The lowest BCUT2D eigenvalue weighted by Gasteiger charge is -2.03. The molecule has 1 aromatic carbocycles. The summed E-state index contributed by atoms with van der Waals surface area (Å²) in [4.78, 5) is 16.3. The van der Waals surface area contributed by atoms with E-state index in [1.54, 1.807) is 23.5 Å². The fraction of sp³-hybridized carbons (Fsp3) is 0.200. The van der Waals surface area contributed by atoms with Crippen molar-refractivity contribution in [3.05, 3.63) is 51.5 Å². The van der Waals surface area contributed by atoms with Gasteiger partial charge in [0.25, 0.3) is 5.91 Å². The number of benzene rings is 1. The molecule has 2 rings (SSSR count). The Kier molecular flexibility index (Phi) is 4.88. The quantitative estimate of drug-likeness (QED) is 0.843. The first-order valence-electron chi connectivity index (χ1n) is 6.17. The van der Waals surface area contributed by atoms with E-state index in [-0.39, 0.29) is 5.91 Å². The molecule has 0 fully saturated rings. The molecule has 0 unspecified atom stereocenters. The Morgan fingerprint density at radius 1 is 1.40 bits per heavy atom. The molecule has 0 aliphatic heterocycles. The van der Waals surface area contributed by atoms with Gasteiger partial charge in [0, 0.05) is 16.5 Å². The van der Waals surface area contributed by atoms with E-state index in [2.05, 4.69) is 22.1 Å². The molecule has 1 aromatic heterocycles. The van der Waals surface area contributed by atoms with Crippen LogP contribution in [0.3, 0.4) is 0 Å². The zero-order valence-electron chi connectivity index (χ0n) is 11.1. The molecule has 0 aliphatic rings. The molecule has 0 aliphatic carbocycles. The molecule has 3 N–H and O–H groups in total. The van der Waals surface area contributed by atoms with Crippen LogP contribution in [0.15, 0.2) is 29.6 Å². The maximum absolute atomic E-state index is 12.0. The maximum Gasteiger partial charge on any atom is 0.251 e. The van der Waals surface area contributed by atoms with Crippen LogP contribution in [0.25, 0.3) is 0 Å². The minimum Gasteiger partial charge on any atom is -0.346 e. The van der Waals surface area contributed by atoms with Crippen LogP contribution in [-0.2, 0) is 6.54 Å². The number of hydrogen-bond acceptors (Lipinski definition) is 4. The Balaban J connectivity index is 1.95. The van der Waals surface area contributed by atoms with Crippen LogP contribution in [0.2, 0.25) is 0 Å². The lowest BCUT2D eigenvalue weighted by atomic mass is 10.1. The molecule has 0 spiro atoms. The van der Waals surface area contributed by atoms with Crippen molar-refractivity contribution in [1.29, 1.82) is 0 Å². The summed E-state index contributed by atoms with van der Waals surface area (Å²) < 4.78 is 0. The molecule has 102 valence electrons. The van der Waals surface area contributed by atoms with Crippen LogP contribution < -0.4 is 11.1 Å². The third-order valence-corrected chi connectivity index (χ3v) is 3.40. The van der Waals surface area contributed by atoms with Crippen molar-refractivity contribution in [2.45, 2.75) is 13.5 Å². The second-order valence-electron chi connectivity index (χ2n) is 4.12. The van der Waals surface area contributed by atoms with E-state index in [9.17, 15) is 4.79 Å². The number of carbonyl (C=O) groups excluding carboxylic acids is 1. The number of carbonyl (C=O) groups is 1. The van der Waals surface area contributed by atoms with E-state index >= 15 is 0 Å². The first-order chi connectivity index (χ1) is 9.69. The van der Waals surface area contributed by atoms with Crippen molar-refractivity contribution in [3.63, 3.8) is 0 Å². The highest BCUT2D eigenvalue weighted by atomic mass is 32.1. The molecule has 0 radical (unpaired) electrons. The second kappa shape index (κ2) is 6.85. The number of thiazole rings is 1. The van der Waals surface area contributed by atoms with Gasteiger partial charge in [0.05, 0.1) is 23.8 Å². The van der Waals surface area contributed by atoms with Gasteiger partial charge in [-0.25, -0.2) is 4.98 Å². The molecule has 4 nitrogen and oxygen atoms in total. The Bertz CT molecular complexity index is 650. The van der Waals surface area contributed by atoms with E-state index in [0.29, 0.717) is 18.7 Å². The molecule has 0 bridgehead atoms. The first kappa shape index (κ1) is 14.3. The Hall–Kier alpha value is -2.16.